The summed E-state index contributed by atoms with van der Waals surface area (Å²) in [5, 5.41) is 3.46. The monoisotopic (exact) mass is 210 g/mol. The number of hydrogen-bond acceptors (Lipinski definition) is 2. The predicted molar refractivity (Wildman–Crippen MR) is 65.1 cm³/mol. The molecular formula is C13H26N2. The molecule has 0 unspecified atom stereocenters. The van der Waals surface area contributed by atoms with Gasteiger partial charge in [-0.25, -0.2) is 0 Å². The van der Waals surface area contributed by atoms with Crippen molar-refractivity contribution >= 4 is 0 Å². The standard InChI is InChI=1S/C13H26N2/c1-12-11-14-8-10-15(12)9-7-13-5-3-2-4-6-13/h12-14H,2-11H2,1H3/t12-/m0/s1. The van der Waals surface area contributed by atoms with Crippen LogP contribution in [0.25, 0.3) is 0 Å². The minimum atomic E-state index is 0.752. The zero-order valence-corrected chi connectivity index (χ0v) is 10.2. The quantitative estimate of drug-likeness (QED) is 0.768. The zero-order chi connectivity index (χ0) is 10.5. The number of nitrogens with zero attached hydrogens (tertiary/aromatic N) is 1. The van der Waals surface area contributed by atoms with E-state index in [4.69, 9.17) is 0 Å². The van der Waals surface area contributed by atoms with Crippen LogP contribution in [0.1, 0.15) is 45.4 Å². The third kappa shape index (κ3) is 3.46. The van der Waals surface area contributed by atoms with E-state index in [1.165, 1.54) is 64.7 Å². The summed E-state index contributed by atoms with van der Waals surface area (Å²) in [7, 11) is 0. The van der Waals surface area contributed by atoms with Crippen LogP contribution in [0.5, 0.6) is 0 Å². The summed E-state index contributed by atoms with van der Waals surface area (Å²) in [5.74, 6) is 1.04. The van der Waals surface area contributed by atoms with E-state index < -0.39 is 0 Å². The topological polar surface area (TPSA) is 15.3 Å². The first-order valence-corrected chi connectivity index (χ1v) is 6.81. The van der Waals surface area contributed by atoms with Gasteiger partial charge >= 0.3 is 0 Å². The first-order valence-electron chi connectivity index (χ1n) is 6.81. The van der Waals surface area contributed by atoms with Crippen molar-refractivity contribution in [2.45, 2.75) is 51.5 Å². The summed E-state index contributed by atoms with van der Waals surface area (Å²) in [6, 6.07) is 0.752. The summed E-state index contributed by atoms with van der Waals surface area (Å²) in [6.07, 6.45) is 8.91. The van der Waals surface area contributed by atoms with Gasteiger partial charge < -0.3 is 5.32 Å². The van der Waals surface area contributed by atoms with Crippen LogP contribution in [0.15, 0.2) is 0 Å². The molecule has 0 aromatic rings. The maximum Gasteiger partial charge on any atom is 0.0192 e. The lowest BCUT2D eigenvalue weighted by Crippen LogP contribution is -2.50. The highest BCUT2D eigenvalue weighted by atomic mass is 15.2. The van der Waals surface area contributed by atoms with Crippen LogP contribution < -0.4 is 5.32 Å². The Labute approximate surface area is 94.4 Å². The molecular weight excluding hydrogens is 184 g/mol. The molecule has 2 fully saturated rings. The Kier molecular flexibility index (Phi) is 4.45. The van der Waals surface area contributed by atoms with Crippen LogP contribution in [0, 0.1) is 5.92 Å². The highest BCUT2D eigenvalue weighted by molar-refractivity contribution is 4.77. The van der Waals surface area contributed by atoms with Crippen molar-refractivity contribution < 1.29 is 0 Å². The Morgan fingerprint density at radius 2 is 2.00 bits per heavy atom. The van der Waals surface area contributed by atoms with E-state index in [9.17, 15) is 0 Å². The van der Waals surface area contributed by atoms with E-state index in [0.29, 0.717) is 0 Å². The molecule has 1 saturated heterocycles. The highest BCUT2D eigenvalue weighted by Gasteiger charge is 2.19. The summed E-state index contributed by atoms with van der Waals surface area (Å²) in [5.41, 5.74) is 0. The van der Waals surface area contributed by atoms with Gasteiger partial charge in [0.15, 0.2) is 0 Å². The van der Waals surface area contributed by atoms with Gasteiger partial charge in [0.05, 0.1) is 0 Å². The molecule has 0 aromatic heterocycles. The molecule has 0 bridgehead atoms. The smallest absolute Gasteiger partial charge is 0.0192 e. The van der Waals surface area contributed by atoms with Crippen molar-refractivity contribution in [2.75, 3.05) is 26.2 Å². The lowest BCUT2D eigenvalue weighted by molar-refractivity contribution is 0.156. The van der Waals surface area contributed by atoms with Crippen molar-refractivity contribution in [3.05, 3.63) is 0 Å². The Bertz CT molecular complexity index is 175. The van der Waals surface area contributed by atoms with E-state index in [1.54, 1.807) is 0 Å². The minimum Gasteiger partial charge on any atom is -0.314 e. The van der Waals surface area contributed by atoms with Crippen molar-refractivity contribution in [3.63, 3.8) is 0 Å². The average Bonchev–Trinajstić information content (AvgIpc) is 2.29. The van der Waals surface area contributed by atoms with Crippen molar-refractivity contribution in [1.29, 1.82) is 0 Å². The SMILES string of the molecule is C[C@H]1CNCCN1CCC1CCCCC1. The Hall–Kier alpha value is -0.0800. The van der Waals surface area contributed by atoms with Gasteiger partial charge in [0, 0.05) is 25.7 Å². The first-order chi connectivity index (χ1) is 7.36. The van der Waals surface area contributed by atoms with Crippen LogP contribution in [0.3, 0.4) is 0 Å². The van der Waals surface area contributed by atoms with Gasteiger partial charge in [0.2, 0.25) is 0 Å². The molecule has 2 heteroatoms. The maximum atomic E-state index is 3.46. The second kappa shape index (κ2) is 5.86. The number of hydrogen-bond donors (Lipinski definition) is 1. The maximum absolute atomic E-state index is 3.46. The van der Waals surface area contributed by atoms with Gasteiger partial charge in [0.25, 0.3) is 0 Å². The lowest BCUT2D eigenvalue weighted by atomic mass is 9.87. The molecule has 0 aromatic carbocycles. The molecule has 15 heavy (non-hydrogen) atoms. The summed E-state index contributed by atoms with van der Waals surface area (Å²) >= 11 is 0. The van der Waals surface area contributed by atoms with Crippen molar-refractivity contribution in [2.24, 2.45) is 5.92 Å². The van der Waals surface area contributed by atoms with Crippen LogP contribution in [0.4, 0.5) is 0 Å². The van der Waals surface area contributed by atoms with Gasteiger partial charge in [-0.2, -0.15) is 0 Å². The molecule has 2 rings (SSSR count). The Balaban J connectivity index is 1.67. The molecule has 0 radical (unpaired) electrons. The van der Waals surface area contributed by atoms with Crippen LogP contribution >= 0.6 is 0 Å². The lowest BCUT2D eigenvalue weighted by Gasteiger charge is -2.35. The molecule has 1 heterocycles. The van der Waals surface area contributed by atoms with E-state index in [1.807, 2.05) is 0 Å². The Morgan fingerprint density at radius 1 is 1.20 bits per heavy atom. The van der Waals surface area contributed by atoms with Gasteiger partial charge in [-0.15, -0.1) is 0 Å². The first kappa shape index (κ1) is 11.4. The normalized spacial score (nSPS) is 30.6. The van der Waals surface area contributed by atoms with Crippen LogP contribution in [-0.2, 0) is 0 Å². The Morgan fingerprint density at radius 3 is 2.73 bits per heavy atom. The second-order valence-electron chi connectivity index (χ2n) is 5.38. The molecule has 1 atom stereocenters. The van der Waals surface area contributed by atoms with Gasteiger partial charge in [0.1, 0.15) is 0 Å². The van der Waals surface area contributed by atoms with Crippen molar-refractivity contribution in [1.82, 2.24) is 10.2 Å². The van der Waals surface area contributed by atoms with Gasteiger partial charge in [-0.05, 0) is 25.8 Å². The number of rotatable bonds is 3. The predicted octanol–water partition coefficient (Wildman–Crippen LogP) is 2.25. The molecule has 2 aliphatic rings. The second-order valence-corrected chi connectivity index (χ2v) is 5.38. The van der Waals surface area contributed by atoms with Crippen LogP contribution in [0.2, 0.25) is 0 Å². The fraction of sp³-hybridized carbons (Fsp3) is 1.00. The molecule has 1 N–H and O–H groups in total. The highest BCUT2D eigenvalue weighted by Crippen LogP contribution is 2.26. The molecule has 1 saturated carbocycles. The van der Waals surface area contributed by atoms with E-state index in [0.717, 1.165) is 12.0 Å². The summed E-state index contributed by atoms with van der Waals surface area (Å²) < 4.78 is 0. The molecule has 0 spiro atoms. The number of nitrogens with one attached hydrogen (secondary N) is 1. The molecule has 1 aliphatic carbocycles. The molecule has 1 aliphatic heterocycles. The van der Waals surface area contributed by atoms with Crippen molar-refractivity contribution in [3.8, 4) is 0 Å². The summed E-state index contributed by atoms with van der Waals surface area (Å²) in [6.45, 7) is 7.33. The number of piperazine rings is 1. The zero-order valence-electron chi connectivity index (χ0n) is 10.2. The molecule has 2 nitrogen and oxygen atoms in total. The molecule has 0 amide bonds. The fourth-order valence-electron chi connectivity index (χ4n) is 3.04. The van der Waals surface area contributed by atoms with Gasteiger partial charge in [-0.3, -0.25) is 4.90 Å². The van der Waals surface area contributed by atoms with E-state index in [-0.39, 0.29) is 0 Å². The van der Waals surface area contributed by atoms with E-state index in [2.05, 4.69) is 17.1 Å². The fourth-order valence-corrected chi connectivity index (χ4v) is 3.04. The molecule has 88 valence electrons. The third-order valence-electron chi connectivity index (χ3n) is 4.19. The third-order valence-corrected chi connectivity index (χ3v) is 4.19. The minimum absolute atomic E-state index is 0.752. The summed E-state index contributed by atoms with van der Waals surface area (Å²) in [4.78, 5) is 2.67. The average molecular weight is 210 g/mol. The van der Waals surface area contributed by atoms with Crippen LogP contribution in [-0.4, -0.2) is 37.1 Å². The van der Waals surface area contributed by atoms with E-state index >= 15 is 0 Å². The largest absolute Gasteiger partial charge is 0.314 e. The van der Waals surface area contributed by atoms with Gasteiger partial charge in [-0.1, -0.05) is 32.1 Å².